The molecule has 0 heterocycles. The Balaban J connectivity index is 2.78. The van der Waals surface area contributed by atoms with Crippen LogP contribution in [0.5, 0.6) is 0 Å². The third-order valence-corrected chi connectivity index (χ3v) is 2.29. The second kappa shape index (κ2) is 5.78. The lowest BCUT2D eigenvalue weighted by atomic mass is 10.1. The van der Waals surface area contributed by atoms with Gasteiger partial charge in [0.2, 0.25) is 0 Å². The molecular formula is C11H16F2N2. The zero-order chi connectivity index (χ0) is 11.3. The molecule has 0 fully saturated rings. The molecule has 2 nitrogen and oxygen atoms in total. The van der Waals surface area contributed by atoms with Gasteiger partial charge in [-0.1, -0.05) is 13.0 Å². The zero-order valence-electron chi connectivity index (χ0n) is 8.98. The maximum atomic E-state index is 13.0. The quantitative estimate of drug-likeness (QED) is 0.781. The molecule has 1 aromatic rings. The van der Waals surface area contributed by atoms with Crippen molar-refractivity contribution in [3.05, 3.63) is 35.4 Å². The van der Waals surface area contributed by atoms with E-state index in [1.165, 1.54) is 6.07 Å². The largest absolute Gasteiger partial charge is 0.315 e. The molecular weight excluding hydrogens is 198 g/mol. The molecule has 0 spiro atoms. The van der Waals surface area contributed by atoms with Crippen molar-refractivity contribution in [1.29, 1.82) is 0 Å². The monoisotopic (exact) mass is 214 g/mol. The highest BCUT2D eigenvalue weighted by Gasteiger charge is 2.10. The Hall–Kier alpha value is -1.00. The van der Waals surface area contributed by atoms with Crippen LogP contribution in [0.25, 0.3) is 0 Å². The molecule has 0 aromatic heterocycles. The van der Waals surface area contributed by atoms with Gasteiger partial charge in [0.1, 0.15) is 0 Å². The van der Waals surface area contributed by atoms with Crippen molar-refractivity contribution in [2.75, 3.05) is 20.1 Å². The minimum absolute atomic E-state index is 0.0000463. The average Bonchev–Trinajstić information content (AvgIpc) is 2.24. The normalized spacial score (nSPS) is 12.8. The lowest BCUT2D eigenvalue weighted by Gasteiger charge is -2.17. The highest BCUT2D eigenvalue weighted by atomic mass is 19.2. The van der Waals surface area contributed by atoms with Gasteiger partial charge in [-0.2, -0.15) is 0 Å². The first-order valence-electron chi connectivity index (χ1n) is 5.02. The molecule has 0 amide bonds. The van der Waals surface area contributed by atoms with Crippen molar-refractivity contribution < 1.29 is 8.78 Å². The first-order chi connectivity index (χ1) is 7.19. The standard InChI is InChI=1S/C11H16F2N2/c1-3-15-7-11(14-2)8-4-5-9(12)10(13)6-8/h4-6,11,14-15H,3,7H2,1-2H3. The van der Waals surface area contributed by atoms with Gasteiger partial charge in [0, 0.05) is 12.6 Å². The van der Waals surface area contributed by atoms with Crippen molar-refractivity contribution in [2.24, 2.45) is 0 Å². The van der Waals surface area contributed by atoms with Gasteiger partial charge in [-0.15, -0.1) is 0 Å². The van der Waals surface area contributed by atoms with Crippen LogP contribution in [0.3, 0.4) is 0 Å². The van der Waals surface area contributed by atoms with E-state index in [9.17, 15) is 8.78 Å². The van der Waals surface area contributed by atoms with E-state index < -0.39 is 11.6 Å². The summed E-state index contributed by atoms with van der Waals surface area (Å²) in [4.78, 5) is 0. The van der Waals surface area contributed by atoms with E-state index in [4.69, 9.17) is 0 Å². The molecule has 2 N–H and O–H groups in total. The van der Waals surface area contributed by atoms with E-state index in [0.717, 1.165) is 18.2 Å². The van der Waals surface area contributed by atoms with E-state index in [1.54, 1.807) is 13.1 Å². The van der Waals surface area contributed by atoms with Gasteiger partial charge in [0.05, 0.1) is 0 Å². The van der Waals surface area contributed by atoms with Crippen LogP contribution in [0.4, 0.5) is 8.78 Å². The third-order valence-electron chi connectivity index (χ3n) is 2.29. The first-order valence-corrected chi connectivity index (χ1v) is 5.02. The van der Waals surface area contributed by atoms with Crippen LogP contribution in [0.15, 0.2) is 18.2 Å². The van der Waals surface area contributed by atoms with E-state index in [2.05, 4.69) is 10.6 Å². The summed E-state index contributed by atoms with van der Waals surface area (Å²) in [6, 6.07) is 3.98. The SMILES string of the molecule is CCNCC(NC)c1ccc(F)c(F)c1. The van der Waals surface area contributed by atoms with Crippen molar-refractivity contribution in [3.63, 3.8) is 0 Å². The van der Waals surface area contributed by atoms with E-state index in [-0.39, 0.29) is 6.04 Å². The third kappa shape index (κ3) is 3.25. The fourth-order valence-electron chi connectivity index (χ4n) is 1.40. The van der Waals surface area contributed by atoms with Crippen LogP contribution in [0.1, 0.15) is 18.5 Å². The maximum Gasteiger partial charge on any atom is 0.159 e. The van der Waals surface area contributed by atoms with E-state index in [1.807, 2.05) is 6.92 Å². The van der Waals surface area contributed by atoms with Crippen LogP contribution in [0.2, 0.25) is 0 Å². The van der Waals surface area contributed by atoms with Crippen LogP contribution >= 0.6 is 0 Å². The number of likely N-dealkylation sites (N-methyl/N-ethyl adjacent to an activating group) is 2. The van der Waals surface area contributed by atoms with Crippen LogP contribution in [-0.4, -0.2) is 20.1 Å². The van der Waals surface area contributed by atoms with E-state index in [0.29, 0.717) is 6.54 Å². The first kappa shape index (κ1) is 12.1. The van der Waals surface area contributed by atoms with Gasteiger partial charge in [-0.05, 0) is 31.3 Å². The number of rotatable bonds is 5. The fourth-order valence-corrected chi connectivity index (χ4v) is 1.40. The minimum atomic E-state index is -0.808. The number of hydrogen-bond acceptors (Lipinski definition) is 2. The van der Waals surface area contributed by atoms with Gasteiger partial charge in [0.15, 0.2) is 11.6 Å². The van der Waals surface area contributed by atoms with Crippen LogP contribution in [0, 0.1) is 11.6 Å². The molecule has 0 saturated heterocycles. The Kier molecular flexibility index (Phi) is 4.65. The van der Waals surface area contributed by atoms with Crippen molar-refractivity contribution in [3.8, 4) is 0 Å². The van der Waals surface area contributed by atoms with Gasteiger partial charge in [0.25, 0.3) is 0 Å². The summed E-state index contributed by atoms with van der Waals surface area (Å²) in [7, 11) is 1.79. The molecule has 84 valence electrons. The molecule has 1 atom stereocenters. The summed E-state index contributed by atoms with van der Waals surface area (Å²) < 4.78 is 25.7. The van der Waals surface area contributed by atoms with Gasteiger partial charge in [-0.3, -0.25) is 0 Å². The number of hydrogen-bond donors (Lipinski definition) is 2. The molecule has 0 aliphatic heterocycles. The maximum absolute atomic E-state index is 13.0. The van der Waals surface area contributed by atoms with Gasteiger partial charge in [-0.25, -0.2) is 8.78 Å². The number of halogens is 2. The zero-order valence-corrected chi connectivity index (χ0v) is 8.98. The van der Waals surface area contributed by atoms with Crippen molar-refractivity contribution in [2.45, 2.75) is 13.0 Å². The van der Waals surface area contributed by atoms with Crippen LogP contribution < -0.4 is 10.6 Å². The summed E-state index contributed by atoms with van der Waals surface area (Å²) in [6.07, 6.45) is 0. The summed E-state index contributed by atoms with van der Waals surface area (Å²) in [5.74, 6) is -1.61. The van der Waals surface area contributed by atoms with Gasteiger partial charge < -0.3 is 10.6 Å². The predicted molar refractivity (Wildman–Crippen MR) is 56.7 cm³/mol. The molecule has 0 aliphatic rings. The highest BCUT2D eigenvalue weighted by molar-refractivity contribution is 5.21. The van der Waals surface area contributed by atoms with E-state index >= 15 is 0 Å². The highest BCUT2D eigenvalue weighted by Crippen LogP contribution is 2.15. The smallest absolute Gasteiger partial charge is 0.159 e. The topological polar surface area (TPSA) is 24.1 Å². The Morgan fingerprint density at radius 3 is 2.53 bits per heavy atom. The van der Waals surface area contributed by atoms with Crippen molar-refractivity contribution >= 4 is 0 Å². The Morgan fingerprint density at radius 2 is 2.00 bits per heavy atom. The lowest BCUT2D eigenvalue weighted by molar-refractivity contribution is 0.496. The Labute approximate surface area is 88.7 Å². The number of benzene rings is 1. The molecule has 1 rings (SSSR count). The average molecular weight is 214 g/mol. The second-order valence-corrected chi connectivity index (χ2v) is 3.32. The molecule has 15 heavy (non-hydrogen) atoms. The Bertz CT molecular complexity index is 315. The predicted octanol–water partition coefficient (Wildman–Crippen LogP) is 1.83. The lowest BCUT2D eigenvalue weighted by Crippen LogP contribution is -2.29. The summed E-state index contributed by atoms with van der Waals surface area (Å²) in [5.41, 5.74) is 0.748. The molecule has 0 radical (unpaired) electrons. The molecule has 0 aliphatic carbocycles. The van der Waals surface area contributed by atoms with Crippen molar-refractivity contribution in [1.82, 2.24) is 10.6 Å². The molecule has 0 bridgehead atoms. The minimum Gasteiger partial charge on any atom is -0.315 e. The molecule has 0 saturated carbocycles. The molecule has 1 unspecified atom stereocenters. The summed E-state index contributed by atoms with van der Waals surface area (Å²) in [6.45, 7) is 3.54. The summed E-state index contributed by atoms with van der Waals surface area (Å²) in [5, 5.41) is 6.20. The summed E-state index contributed by atoms with van der Waals surface area (Å²) >= 11 is 0. The molecule has 4 heteroatoms. The Morgan fingerprint density at radius 1 is 1.27 bits per heavy atom. The number of nitrogens with one attached hydrogen (secondary N) is 2. The van der Waals surface area contributed by atoms with Gasteiger partial charge >= 0.3 is 0 Å². The fraction of sp³-hybridized carbons (Fsp3) is 0.455. The molecule has 1 aromatic carbocycles. The second-order valence-electron chi connectivity index (χ2n) is 3.32. The van der Waals surface area contributed by atoms with Crippen LogP contribution in [-0.2, 0) is 0 Å².